The predicted molar refractivity (Wildman–Crippen MR) is 181 cm³/mol. The van der Waals surface area contributed by atoms with E-state index in [-0.39, 0.29) is 29.6 Å². The van der Waals surface area contributed by atoms with Gasteiger partial charge in [0.25, 0.3) is 0 Å². The van der Waals surface area contributed by atoms with E-state index in [1.54, 1.807) is 12.1 Å². The summed E-state index contributed by atoms with van der Waals surface area (Å²) in [5.41, 5.74) is 5.52. The first-order valence-electron chi connectivity index (χ1n) is 16.7. The Hall–Kier alpha value is -5.16. The quantitative estimate of drug-likeness (QED) is 0.244. The van der Waals surface area contributed by atoms with E-state index in [1.165, 1.54) is 11.6 Å². The minimum atomic E-state index is -0.258. The number of nitrogens with zero attached hydrogens (tertiary/aromatic N) is 7. The maximum absolute atomic E-state index is 14.0. The third kappa shape index (κ3) is 6.01. The lowest BCUT2D eigenvalue weighted by Gasteiger charge is -2.35. The fourth-order valence-electron chi connectivity index (χ4n) is 7.30. The van der Waals surface area contributed by atoms with Crippen molar-refractivity contribution in [1.29, 1.82) is 0 Å². The molecule has 10 nitrogen and oxygen atoms in total. The highest BCUT2D eigenvalue weighted by Crippen LogP contribution is 2.36. The number of amides is 2. The number of fused-ring (bicyclic) bond motifs is 1. The summed E-state index contributed by atoms with van der Waals surface area (Å²) in [6, 6.07) is 25.3. The van der Waals surface area contributed by atoms with Gasteiger partial charge in [0, 0.05) is 45.7 Å². The lowest BCUT2D eigenvalue weighted by molar-refractivity contribution is -0.134. The Labute approximate surface area is 278 Å². The molecule has 2 aromatic carbocycles. The monoisotopic (exact) mass is 644 g/mol. The van der Waals surface area contributed by atoms with Crippen LogP contribution < -0.4 is 15.1 Å². The third-order valence-corrected chi connectivity index (χ3v) is 9.85. The topological polar surface area (TPSA) is 99.0 Å². The largest absolute Gasteiger partial charge is 0.354 e. The van der Waals surface area contributed by atoms with Gasteiger partial charge in [0.2, 0.25) is 11.8 Å². The van der Waals surface area contributed by atoms with Gasteiger partial charge in [0.05, 0.1) is 23.9 Å². The highest BCUT2D eigenvalue weighted by Gasteiger charge is 2.29. The van der Waals surface area contributed by atoms with Gasteiger partial charge in [0.1, 0.15) is 23.1 Å². The normalized spacial score (nSPS) is 20.4. The molecule has 244 valence electrons. The summed E-state index contributed by atoms with van der Waals surface area (Å²) >= 11 is 0. The number of imide groups is 1. The van der Waals surface area contributed by atoms with Crippen molar-refractivity contribution in [1.82, 2.24) is 29.8 Å². The van der Waals surface area contributed by atoms with Crippen molar-refractivity contribution in [2.45, 2.75) is 44.2 Å². The maximum atomic E-state index is 14.0. The molecule has 3 aromatic heterocycles. The fraction of sp³-hybridized carbons (Fsp3) is 0.324. The Morgan fingerprint density at radius 1 is 0.833 bits per heavy atom. The van der Waals surface area contributed by atoms with E-state index < -0.39 is 0 Å². The fourth-order valence-corrected chi connectivity index (χ4v) is 7.30. The van der Waals surface area contributed by atoms with Crippen molar-refractivity contribution < 1.29 is 14.0 Å². The first kappa shape index (κ1) is 30.2. The molecule has 8 rings (SSSR count). The van der Waals surface area contributed by atoms with Crippen LogP contribution in [-0.2, 0) is 16.1 Å². The molecule has 3 aliphatic heterocycles. The number of halogens is 1. The van der Waals surface area contributed by atoms with Gasteiger partial charge in [-0.25, -0.2) is 18.9 Å². The molecular formula is C37H37FN8O2. The van der Waals surface area contributed by atoms with Crippen molar-refractivity contribution in [2.24, 2.45) is 0 Å². The molecule has 0 bridgehead atoms. The van der Waals surface area contributed by atoms with Gasteiger partial charge in [-0.3, -0.25) is 19.8 Å². The number of piperazine rings is 1. The van der Waals surface area contributed by atoms with E-state index in [4.69, 9.17) is 10.1 Å². The van der Waals surface area contributed by atoms with Crippen LogP contribution in [0.2, 0.25) is 0 Å². The Balaban J connectivity index is 0.936. The molecule has 2 amide bonds. The van der Waals surface area contributed by atoms with Crippen LogP contribution >= 0.6 is 0 Å². The van der Waals surface area contributed by atoms with Crippen molar-refractivity contribution >= 4 is 29.1 Å². The number of hydrogen-bond donors (Lipinski definition) is 1. The second kappa shape index (κ2) is 12.8. The molecule has 11 heteroatoms. The number of piperidine rings is 1. The van der Waals surface area contributed by atoms with Crippen LogP contribution in [-0.4, -0.2) is 69.0 Å². The van der Waals surface area contributed by atoms with Gasteiger partial charge in [-0.05, 0) is 72.4 Å². The van der Waals surface area contributed by atoms with Crippen molar-refractivity contribution in [3.05, 3.63) is 108 Å². The lowest BCUT2D eigenvalue weighted by atomic mass is 9.90. The number of carbonyl (C=O) groups is 2. The number of imidazole rings is 1. The summed E-state index contributed by atoms with van der Waals surface area (Å²) in [6.07, 6.45) is 4.75. The van der Waals surface area contributed by atoms with Crippen LogP contribution in [0, 0.1) is 5.82 Å². The zero-order valence-electron chi connectivity index (χ0n) is 26.6. The Kier molecular flexibility index (Phi) is 8.05. The molecule has 2 atom stereocenters. The molecule has 3 aliphatic rings. The number of hydrogen-bond acceptors (Lipinski definition) is 8. The van der Waals surface area contributed by atoms with Crippen LogP contribution in [0.25, 0.3) is 17.0 Å². The minimum Gasteiger partial charge on any atom is -0.354 e. The molecule has 1 unspecified atom stereocenters. The summed E-state index contributed by atoms with van der Waals surface area (Å²) < 4.78 is 15.9. The smallest absolute Gasteiger partial charge is 0.234 e. The molecule has 0 radical (unpaired) electrons. The van der Waals surface area contributed by atoms with Crippen LogP contribution in [0.4, 0.5) is 16.0 Å². The molecule has 0 aliphatic carbocycles. The summed E-state index contributed by atoms with van der Waals surface area (Å²) in [6.45, 7) is 5.22. The average molecular weight is 645 g/mol. The zero-order valence-corrected chi connectivity index (χ0v) is 26.6. The SMILES string of the molecule is O=C1CCC(c2ccc(CN3CCN(c4cccc(-c5cnc6ccc(N7CCC[C@@H]7c7cccc(F)c7)nn56)n4)CC3)cc2)C(=O)N1. The van der Waals surface area contributed by atoms with Gasteiger partial charge in [-0.15, -0.1) is 5.10 Å². The number of nitrogens with one attached hydrogen (secondary N) is 1. The number of carbonyl (C=O) groups excluding carboxylic acids is 2. The Morgan fingerprint density at radius 2 is 1.67 bits per heavy atom. The summed E-state index contributed by atoms with van der Waals surface area (Å²) in [4.78, 5) is 40.5. The van der Waals surface area contributed by atoms with E-state index in [1.807, 2.05) is 53.2 Å². The standard InChI is InChI=1S/C37H37FN8O2/c38-28-5-1-4-27(22-28)31-7-3-17-45(31)35-15-14-33-39-23-32(46(33)42-35)30-6-2-8-34(40-30)44-20-18-43(19-21-44)24-25-9-11-26(12-10-25)29-13-16-36(47)41-37(29)48/h1-2,4-6,8-12,14-15,22-23,29,31H,3,7,13,16-21,24H2,(H,41,47,48)/t29?,31-/m1/s1. The second-order valence-corrected chi connectivity index (χ2v) is 12.9. The lowest BCUT2D eigenvalue weighted by Crippen LogP contribution is -2.46. The van der Waals surface area contributed by atoms with Crippen LogP contribution in [0.15, 0.2) is 85.1 Å². The molecule has 48 heavy (non-hydrogen) atoms. The molecule has 3 saturated heterocycles. The highest BCUT2D eigenvalue weighted by atomic mass is 19.1. The van der Waals surface area contributed by atoms with Gasteiger partial charge in [-0.2, -0.15) is 0 Å². The zero-order chi connectivity index (χ0) is 32.6. The Morgan fingerprint density at radius 3 is 2.48 bits per heavy atom. The molecule has 1 N–H and O–H groups in total. The van der Waals surface area contributed by atoms with Crippen LogP contribution in [0.1, 0.15) is 54.3 Å². The predicted octanol–water partition coefficient (Wildman–Crippen LogP) is 5.11. The first-order valence-corrected chi connectivity index (χ1v) is 16.7. The summed E-state index contributed by atoms with van der Waals surface area (Å²) in [5.74, 6) is 0.902. The molecular weight excluding hydrogens is 607 g/mol. The highest BCUT2D eigenvalue weighted by molar-refractivity contribution is 6.00. The van der Waals surface area contributed by atoms with E-state index in [2.05, 4.69) is 43.2 Å². The number of aromatic nitrogens is 4. The number of rotatable bonds is 7. The van der Waals surface area contributed by atoms with Crippen LogP contribution in [0.3, 0.4) is 0 Å². The number of benzene rings is 2. The van der Waals surface area contributed by atoms with Crippen molar-refractivity contribution in [2.75, 3.05) is 42.5 Å². The molecule has 5 aromatic rings. The molecule has 0 saturated carbocycles. The third-order valence-electron chi connectivity index (χ3n) is 9.85. The average Bonchev–Trinajstić information content (AvgIpc) is 3.77. The van der Waals surface area contributed by atoms with Crippen molar-refractivity contribution in [3.8, 4) is 11.4 Å². The van der Waals surface area contributed by atoms with E-state index in [0.717, 1.165) is 91.9 Å². The minimum absolute atomic E-state index is 0.0786. The summed E-state index contributed by atoms with van der Waals surface area (Å²) in [7, 11) is 0. The first-order chi connectivity index (χ1) is 23.5. The molecule has 3 fully saturated rings. The molecule has 6 heterocycles. The molecule has 0 spiro atoms. The Bertz CT molecular complexity index is 1970. The number of pyridine rings is 1. The van der Waals surface area contributed by atoms with Gasteiger partial charge >= 0.3 is 0 Å². The second-order valence-electron chi connectivity index (χ2n) is 12.9. The van der Waals surface area contributed by atoms with Gasteiger partial charge in [0.15, 0.2) is 5.65 Å². The van der Waals surface area contributed by atoms with Crippen molar-refractivity contribution in [3.63, 3.8) is 0 Å². The van der Waals surface area contributed by atoms with Gasteiger partial charge < -0.3 is 9.80 Å². The summed E-state index contributed by atoms with van der Waals surface area (Å²) in [5, 5.41) is 7.47. The van der Waals surface area contributed by atoms with E-state index >= 15 is 0 Å². The van der Waals surface area contributed by atoms with Crippen LogP contribution in [0.5, 0.6) is 0 Å². The maximum Gasteiger partial charge on any atom is 0.234 e. The van der Waals surface area contributed by atoms with Gasteiger partial charge in [-0.1, -0.05) is 42.5 Å². The number of anilines is 2. The van der Waals surface area contributed by atoms with E-state index in [9.17, 15) is 14.0 Å². The van der Waals surface area contributed by atoms with E-state index in [0.29, 0.717) is 12.8 Å².